The van der Waals surface area contributed by atoms with Crippen molar-refractivity contribution >= 4 is 11.7 Å². The molecular formula is C14H19N3O. The molecule has 1 rings (SSSR count). The Hall–Kier alpha value is -2.02. The van der Waals surface area contributed by atoms with Crippen LogP contribution in [0.3, 0.4) is 0 Å². The molecule has 0 aliphatic carbocycles. The minimum atomic E-state index is -0.783. The SMILES string of the molecule is CCC(C#N)(CC)NC(=O)Nc1ccc(C)cc1. The third kappa shape index (κ3) is 3.49. The van der Waals surface area contributed by atoms with Gasteiger partial charge in [0.2, 0.25) is 0 Å². The molecule has 0 saturated carbocycles. The summed E-state index contributed by atoms with van der Waals surface area (Å²) in [6.45, 7) is 5.76. The Balaban J connectivity index is 2.67. The quantitative estimate of drug-likeness (QED) is 0.855. The average molecular weight is 245 g/mol. The first-order valence-electron chi connectivity index (χ1n) is 6.12. The molecule has 4 nitrogen and oxygen atoms in total. The lowest BCUT2D eigenvalue weighted by Crippen LogP contribution is -2.48. The molecule has 1 aromatic carbocycles. The number of nitrogens with one attached hydrogen (secondary N) is 2. The van der Waals surface area contributed by atoms with E-state index in [1.165, 1.54) is 0 Å². The van der Waals surface area contributed by atoms with Crippen molar-refractivity contribution in [3.63, 3.8) is 0 Å². The Kier molecular flexibility index (Phi) is 4.73. The number of carbonyl (C=O) groups excluding carboxylic acids is 1. The van der Waals surface area contributed by atoms with E-state index in [0.717, 1.165) is 11.3 Å². The Morgan fingerprint density at radius 2 is 1.83 bits per heavy atom. The van der Waals surface area contributed by atoms with Crippen LogP contribution in [0, 0.1) is 18.3 Å². The molecular weight excluding hydrogens is 226 g/mol. The van der Waals surface area contributed by atoms with Gasteiger partial charge < -0.3 is 10.6 Å². The number of nitrogens with zero attached hydrogens (tertiary/aromatic N) is 1. The lowest BCUT2D eigenvalue weighted by molar-refractivity contribution is 0.242. The van der Waals surface area contributed by atoms with Crippen LogP contribution in [0.25, 0.3) is 0 Å². The van der Waals surface area contributed by atoms with Crippen molar-refractivity contribution < 1.29 is 4.79 Å². The Bertz CT molecular complexity index is 441. The molecule has 18 heavy (non-hydrogen) atoms. The molecule has 0 radical (unpaired) electrons. The van der Waals surface area contributed by atoms with Gasteiger partial charge in [-0.3, -0.25) is 0 Å². The molecule has 96 valence electrons. The van der Waals surface area contributed by atoms with Gasteiger partial charge in [-0.15, -0.1) is 0 Å². The van der Waals surface area contributed by atoms with Crippen LogP contribution < -0.4 is 10.6 Å². The zero-order valence-corrected chi connectivity index (χ0v) is 11.1. The van der Waals surface area contributed by atoms with E-state index >= 15 is 0 Å². The maximum atomic E-state index is 11.8. The number of hydrogen-bond donors (Lipinski definition) is 2. The Labute approximate surface area is 108 Å². The largest absolute Gasteiger partial charge is 0.320 e. The van der Waals surface area contributed by atoms with E-state index < -0.39 is 5.54 Å². The summed E-state index contributed by atoms with van der Waals surface area (Å²) >= 11 is 0. The summed E-state index contributed by atoms with van der Waals surface area (Å²) in [5, 5.41) is 14.6. The average Bonchev–Trinajstić information content (AvgIpc) is 2.39. The van der Waals surface area contributed by atoms with Crippen molar-refractivity contribution in [3.05, 3.63) is 29.8 Å². The second-order valence-electron chi connectivity index (χ2n) is 4.35. The number of benzene rings is 1. The third-order valence-electron chi connectivity index (χ3n) is 3.08. The topological polar surface area (TPSA) is 64.9 Å². The predicted octanol–water partition coefficient (Wildman–Crippen LogP) is 3.20. The highest BCUT2D eigenvalue weighted by molar-refractivity contribution is 5.90. The van der Waals surface area contributed by atoms with Crippen LogP contribution in [-0.4, -0.2) is 11.6 Å². The summed E-state index contributed by atoms with van der Waals surface area (Å²) in [7, 11) is 0. The lowest BCUT2D eigenvalue weighted by Gasteiger charge is -2.24. The molecule has 0 heterocycles. The summed E-state index contributed by atoms with van der Waals surface area (Å²) in [4.78, 5) is 11.8. The van der Waals surface area contributed by atoms with Gasteiger partial charge in [0.1, 0.15) is 5.54 Å². The van der Waals surface area contributed by atoms with E-state index in [4.69, 9.17) is 5.26 Å². The number of urea groups is 1. The number of rotatable bonds is 4. The van der Waals surface area contributed by atoms with Crippen LogP contribution in [-0.2, 0) is 0 Å². The van der Waals surface area contributed by atoms with Gasteiger partial charge in [0.05, 0.1) is 6.07 Å². The molecule has 0 unspecified atom stereocenters. The zero-order chi connectivity index (χ0) is 13.6. The van der Waals surface area contributed by atoms with Gasteiger partial charge in [-0.1, -0.05) is 31.5 Å². The fourth-order valence-electron chi connectivity index (χ4n) is 1.63. The van der Waals surface area contributed by atoms with Gasteiger partial charge in [0.25, 0.3) is 0 Å². The monoisotopic (exact) mass is 245 g/mol. The van der Waals surface area contributed by atoms with Crippen LogP contribution in [0.1, 0.15) is 32.3 Å². The predicted molar refractivity (Wildman–Crippen MR) is 72.3 cm³/mol. The molecule has 0 fully saturated rings. The van der Waals surface area contributed by atoms with Gasteiger partial charge in [-0.2, -0.15) is 5.26 Å². The van der Waals surface area contributed by atoms with Crippen molar-refractivity contribution in [1.29, 1.82) is 5.26 Å². The highest BCUT2D eigenvalue weighted by atomic mass is 16.2. The van der Waals surface area contributed by atoms with Crippen molar-refractivity contribution in [3.8, 4) is 6.07 Å². The Morgan fingerprint density at radius 1 is 1.28 bits per heavy atom. The highest BCUT2D eigenvalue weighted by Gasteiger charge is 2.27. The van der Waals surface area contributed by atoms with E-state index in [-0.39, 0.29) is 6.03 Å². The number of anilines is 1. The summed E-state index contributed by atoms with van der Waals surface area (Å²) in [5.74, 6) is 0. The molecule has 0 aliphatic rings. The summed E-state index contributed by atoms with van der Waals surface area (Å²) in [5.41, 5.74) is 1.07. The van der Waals surface area contributed by atoms with Gasteiger partial charge in [-0.05, 0) is 31.9 Å². The maximum Gasteiger partial charge on any atom is 0.320 e. The van der Waals surface area contributed by atoms with E-state index in [2.05, 4.69) is 16.7 Å². The van der Waals surface area contributed by atoms with E-state index in [1.807, 2.05) is 45.0 Å². The Morgan fingerprint density at radius 3 is 2.28 bits per heavy atom. The minimum Gasteiger partial charge on any atom is -0.319 e. The molecule has 0 saturated heterocycles. The molecule has 2 N–H and O–H groups in total. The summed E-state index contributed by atoms with van der Waals surface area (Å²) in [6.07, 6.45) is 1.17. The van der Waals surface area contributed by atoms with E-state index in [0.29, 0.717) is 12.8 Å². The molecule has 0 spiro atoms. The van der Waals surface area contributed by atoms with Crippen LogP contribution in [0.15, 0.2) is 24.3 Å². The van der Waals surface area contributed by atoms with Crippen LogP contribution in [0.5, 0.6) is 0 Å². The molecule has 2 amide bonds. The number of hydrogen-bond acceptors (Lipinski definition) is 2. The maximum absolute atomic E-state index is 11.8. The van der Waals surface area contributed by atoms with E-state index in [1.54, 1.807) is 0 Å². The smallest absolute Gasteiger partial charge is 0.319 e. The molecule has 0 bridgehead atoms. The zero-order valence-electron chi connectivity index (χ0n) is 11.1. The summed E-state index contributed by atoms with van der Waals surface area (Å²) < 4.78 is 0. The van der Waals surface area contributed by atoms with Crippen LogP contribution in [0.4, 0.5) is 10.5 Å². The van der Waals surface area contributed by atoms with Gasteiger partial charge in [0.15, 0.2) is 0 Å². The number of amides is 2. The van der Waals surface area contributed by atoms with E-state index in [9.17, 15) is 4.79 Å². The molecule has 0 aliphatic heterocycles. The minimum absolute atomic E-state index is 0.343. The molecule has 0 aromatic heterocycles. The first-order valence-corrected chi connectivity index (χ1v) is 6.12. The number of aryl methyl sites for hydroxylation is 1. The third-order valence-corrected chi connectivity index (χ3v) is 3.08. The second kappa shape index (κ2) is 6.06. The normalized spacial score (nSPS) is 10.6. The van der Waals surface area contributed by atoms with Gasteiger partial charge in [-0.25, -0.2) is 4.79 Å². The van der Waals surface area contributed by atoms with Crippen molar-refractivity contribution in [2.24, 2.45) is 0 Å². The second-order valence-corrected chi connectivity index (χ2v) is 4.35. The van der Waals surface area contributed by atoms with Crippen LogP contribution in [0.2, 0.25) is 0 Å². The molecule has 0 atom stereocenters. The standard InChI is InChI=1S/C14H19N3O/c1-4-14(5-2,10-15)17-13(18)16-12-8-6-11(3)7-9-12/h6-9H,4-5H2,1-3H3,(H2,16,17,18). The molecule has 4 heteroatoms. The molecule has 1 aromatic rings. The lowest BCUT2D eigenvalue weighted by atomic mass is 9.95. The first-order chi connectivity index (χ1) is 8.55. The number of carbonyl (C=O) groups is 1. The highest BCUT2D eigenvalue weighted by Crippen LogP contribution is 2.14. The summed E-state index contributed by atoms with van der Waals surface area (Å²) in [6, 6.07) is 9.34. The first kappa shape index (κ1) is 14.0. The van der Waals surface area contributed by atoms with Crippen molar-refractivity contribution in [2.75, 3.05) is 5.32 Å². The van der Waals surface area contributed by atoms with Crippen molar-refractivity contribution in [1.82, 2.24) is 5.32 Å². The fourth-order valence-corrected chi connectivity index (χ4v) is 1.63. The fraction of sp³-hybridized carbons (Fsp3) is 0.429. The van der Waals surface area contributed by atoms with Crippen LogP contribution >= 0.6 is 0 Å². The van der Waals surface area contributed by atoms with Crippen molar-refractivity contribution in [2.45, 2.75) is 39.2 Å². The van der Waals surface area contributed by atoms with Gasteiger partial charge in [0, 0.05) is 5.69 Å². The number of nitriles is 1. The van der Waals surface area contributed by atoms with Gasteiger partial charge >= 0.3 is 6.03 Å².